The summed E-state index contributed by atoms with van der Waals surface area (Å²) in [7, 11) is 0.0204. The summed E-state index contributed by atoms with van der Waals surface area (Å²) in [5, 5.41) is 0.537. The smallest absolute Gasteiger partial charge is 0.261 e. The SMILES string of the molecule is CN(C)c1cccc(NS(=O)(=O)c2cc(Cl)cc(Cl)c2)c1. The fourth-order valence-corrected chi connectivity index (χ4v) is 3.52. The third kappa shape index (κ3) is 4.03. The van der Waals surface area contributed by atoms with Gasteiger partial charge in [0.15, 0.2) is 0 Å². The molecule has 0 aliphatic carbocycles. The summed E-state index contributed by atoms with van der Waals surface area (Å²) in [6, 6.07) is 11.3. The Morgan fingerprint density at radius 2 is 1.62 bits per heavy atom. The van der Waals surface area contributed by atoms with Crippen molar-refractivity contribution in [1.82, 2.24) is 0 Å². The van der Waals surface area contributed by atoms with Crippen LogP contribution in [0.2, 0.25) is 10.0 Å². The van der Waals surface area contributed by atoms with Gasteiger partial charge < -0.3 is 4.90 Å². The highest BCUT2D eigenvalue weighted by molar-refractivity contribution is 7.92. The van der Waals surface area contributed by atoms with Gasteiger partial charge >= 0.3 is 0 Å². The van der Waals surface area contributed by atoms with E-state index in [0.717, 1.165) is 5.69 Å². The third-order valence-electron chi connectivity index (χ3n) is 2.76. The number of anilines is 2. The molecule has 0 radical (unpaired) electrons. The van der Waals surface area contributed by atoms with Gasteiger partial charge in [-0.3, -0.25) is 4.72 Å². The van der Waals surface area contributed by atoms with Crippen LogP contribution < -0.4 is 9.62 Å². The van der Waals surface area contributed by atoms with Crippen molar-refractivity contribution in [3.63, 3.8) is 0 Å². The number of nitrogens with one attached hydrogen (secondary N) is 1. The van der Waals surface area contributed by atoms with E-state index in [1.54, 1.807) is 18.2 Å². The Balaban J connectivity index is 2.35. The maximum absolute atomic E-state index is 12.3. The molecule has 0 amide bonds. The van der Waals surface area contributed by atoms with Crippen molar-refractivity contribution in [2.45, 2.75) is 4.90 Å². The van der Waals surface area contributed by atoms with Crippen LogP contribution in [-0.2, 0) is 10.0 Å². The zero-order valence-electron chi connectivity index (χ0n) is 11.5. The molecule has 0 heterocycles. The summed E-state index contributed by atoms with van der Waals surface area (Å²) in [6.45, 7) is 0. The molecule has 0 saturated carbocycles. The molecule has 2 rings (SSSR count). The molecule has 0 saturated heterocycles. The zero-order chi connectivity index (χ0) is 15.6. The highest BCUT2D eigenvalue weighted by Crippen LogP contribution is 2.25. The number of hydrogen-bond donors (Lipinski definition) is 1. The second kappa shape index (κ2) is 6.13. The Kier molecular flexibility index (Phi) is 4.66. The minimum Gasteiger partial charge on any atom is -0.378 e. The third-order valence-corrected chi connectivity index (χ3v) is 4.56. The zero-order valence-corrected chi connectivity index (χ0v) is 13.8. The van der Waals surface area contributed by atoms with E-state index in [2.05, 4.69) is 4.72 Å². The van der Waals surface area contributed by atoms with Crippen molar-refractivity contribution < 1.29 is 8.42 Å². The summed E-state index contributed by atoms with van der Waals surface area (Å²) >= 11 is 11.7. The lowest BCUT2D eigenvalue weighted by atomic mass is 10.3. The Bertz CT molecular complexity index is 741. The van der Waals surface area contributed by atoms with E-state index in [0.29, 0.717) is 5.69 Å². The van der Waals surface area contributed by atoms with Gasteiger partial charge in [-0.15, -0.1) is 0 Å². The van der Waals surface area contributed by atoms with E-state index in [-0.39, 0.29) is 14.9 Å². The van der Waals surface area contributed by atoms with Gasteiger partial charge in [-0.1, -0.05) is 29.3 Å². The van der Waals surface area contributed by atoms with E-state index in [1.807, 2.05) is 25.1 Å². The first-order valence-corrected chi connectivity index (χ1v) is 8.28. The molecule has 0 aromatic heterocycles. The van der Waals surface area contributed by atoms with Crippen molar-refractivity contribution in [3.8, 4) is 0 Å². The Labute approximate surface area is 134 Å². The number of sulfonamides is 1. The van der Waals surface area contributed by atoms with Crippen LogP contribution in [0.5, 0.6) is 0 Å². The summed E-state index contributed by atoms with van der Waals surface area (Å²) in [5.74, 6) is 0. The standard InChI is InChI=1S/C14H14Cl2N2O2S/c1-18(2)13-5-3-4-12(9-13)17-21(19,20)14-7-10(15)6-11(16)8-14/h3-9,17H,1-2H3. The van der Waals surface area contributed by atoms with Crippen LogP contribution in [0.25, 0.3) is 0 Å². The van der Waals surface area contributed by atoms with Gasteiger partial charge in [0.25, 0.3) is 10.0 Å². The van der Waals surface area contributed by atoms with Crippen molar-refractivity contribution in [2.75, 3.05) is 23.7 Å². The average molecular weight is 345 g/mol. The van der Waals surface area contributed by atoms with E-state index >= 15 is 0 Å². The number of nitrogens with zero attached hydrogens (tertiary/aromatic N) is 1. The Hall–Kier alpha value is -1.43. The van der Waals surface area contributed by atoms with Gasteiger partial charge in [-0.25, -0.2) is 8.42 Å². The van der Waals surface area contributed by atoms with Crippen LogP contribution in [0.3, 0.4) is 0 Å². The molecule has 2 aromatic rings. The fourth-order valence-electron chi connectivity index (χ4n) is 1.75. The van der Waals surface area contributed by atoms with Gasteiger partial charge in [-0.05, 0) is 36.4 Å². The minimum atomic E-state index is -3.74. The van der Waals surface area contributed by atoms with Crippen molar-refractivity contribution in [3.05, 3.63) is 52.5 Å². The monoisotopic (exact) mass is 344 g/mol. The molecule has 0 fully saturated rings. The normalized spacial score (nSPS) is 11.2. The van der Waals surface area contributed by atoms with Crippen molar-refractivity contribution in [2.24, 2.45) is 0 Å². The maximum atomic E-state index is 12.3. The number of hydrogen-bond acceptors (Lipinski definition) is 3. The first-order chi connectivity index (χ1) is 9.78. The van der Waals surface area contributed by atoms with Crippen LogP contribution in [0.4, 0.5) is 11.4 Å². The van der Waals surface area contributed by atoms with E-state index in [1.165, 1.54) is 18.2 Å². The maximum Gasteiger partial charge on any atom is 0.261 e. The molecular weight excluding hydrogens is 331 g/mol. The van der Waals surface area contributed by atoms with Gasteiger partial charge in [0.2, 0.25) is 0 Å². The molecule has 7 heteroatoms. The summed E-state index contributed by atoms with van der Waals surface area (Å²) in [6.07, 6.45) is 0. The largest absolute Gasteiger partial charge is 0.378 e. The summed E-state index contributed by atoms with van der Waals surface area (Å²) in [4.78, 5) is 1.91. The second-order valence-electron chi connectivity index (χ2n) is 4.66. The predicted molar refractivity (Wildman–Crippen MR) is 88.0 cm³/mol. The molecule has 0 bridgehead atoms. The van der Waals surface area contributed by atoms with Gasteiger partial charge in [0, 0.05) is 29.8 Å². The number of benzene rings is 2. The molecule has 0 atom stereocenters. The Morgan fingerprint density at radius 3 is 2.19 bits per heavy atom. The van der Waals surface area contributed by atoms with Crippen molar-refractivity contribution >= 4 is 44.6 Å². The molecule has 4 nitrogen and oxygen atoms in total. The van der Waals surface area contributed by atoms with Crippen LogP contribution in [0.15, 0.2) is 47.4 Å². The molecule has 21 heavy (non-hydrogen) atoms. The fraction of sp³-hybridized carbons (Fsp3) is 0.143. The quantitative estimate of drug-likeness (QED) is 0.915. The average Bonchev–Trinajstić information content (AvgIpc) is 2.37. The van der Waals surface area contributed by atoms with Crippen LogP contribution in [-0.4, -0.2) is 22.5 Å². The lowest BCUT2D eigenvalue weighted by Gasteiger charge is -2.14. The molecule has 0 unspecified atom stereocenters. The molecule has 2 aromatic carbocycles. The van der Waals surface area contributed by atoms with Gasteiger partial charge in [-0.2, -0.15) is 0 Å². The van der Waals surface area contributed by atoms with E-state index < -0.39 is 10.0 Å². The molecule has 112 valence electrons. The summed E-state index contributed by atoms with van der Waals surface area (Å²) in [5.41, 5.74) is 1.36. The van der Waals surface area contributed by atoms with Crippen LogP contribution in [0, 0.1) is 0 Å². The predicted octanol–water partition coefficient (Wildman–Crippen LogP) is 3.86. The first kappa shape index (κ1) is 15.9. The topological polar surface area (TPSA) is 49.4 Å². The molecular formula is C14H14Cl2N2O2S. The minimum absolute atomic E-state index is 0.0234. The lowest BCUT2D eigenvalue weighted by molar-refractivity contribution is 0.601. The molecule has 0 aliphatic rings. The van der Waals surface area contributed by atoms with Crippen LogP contribution >= 0.6 is 23.2 Å². The second-order valence-corrected chi connectivity index (χ2v) is 7.21. The lowest BCUT2D eigenvalue weighted by Crippen LogP contribution is -2.14. The van der Waals surface area contributed by atoms with E-state index in [9.17, 15) is 8.42 Å². The molecule has 0 aliphatic heterocycles. The van der Waals surface area contributed by atoms with Gasteiger partial charge in [0.1, 0.15) is 0 Å². The number of rotatable bonds is 4. The molecule has 1 N–H and O–H groups in total. The van der Waals surface area contributed by atoms with Crippen LogP contribution in [0.1, 0.15) is 0 Å². The van der Waals surface area contributed by atoms with Crippen molar-refractivity contribution in [1.29, 1.82) is 0 Å². The highest BCUT2D eigenvalue weighted by atomic mass is 35.5. The first-order valence-electron chi connectivity index (χ1n) is 6.04. The summed E-state index contributed by atoms with van der Waals surface area (Å²) < 4.78 is 27.2. The number of halogens is 2. The molecule has 0 spiro atoms. The highest BCUT2D eigenvalue weighted by Gasteiger charge is 2.16. The Morgan fingerprint density at radius 1 is 1.00 bits per heavy atom. The van der Waals surface area contributed by atoms with Gasteiger partial charge in [0.05, 0.1) is 10.6 Å². The van der Waals surface area contributed by atoms with E-state index in [4.69, 9.17) is 23.2 Å².